The molecule has 2 N–H and O–H groups in total. The lowest BCUT2D eigenvalue weighted by Crippen LogP contribution is -1.95. The largest absolute Gasteiger partial charge is 0.475 e. The van der Waals surface area contributed by atoms with Crippen LogP contribution >= 0.6 is 12.2 Å². The lowest BCUT2D eigenvalue weighted by molar-refractivity contribution is 0.0660. The van der Waals surface area contributed by atoms with Crippen molar-refractivity contribution in [2.45, 2.75) is 27.7 Å². The Bertz CT molecular complexity index is 934. The molecule has 0 aliphatic rings. The van der Waals surface area contributed by atoms with E-state index in [-0.39, 0.29) is 5.76 Å². The molecule has 3 rings (SSSR count). The lowest BCUT2D eigenvalue weighted by atomic mass is 10.3. The van der Waals surface area contributed by atoms with Crippen molar-refractivity contribution in [1.29, 1.82) is 0 Å². The summed E-state index contributed by atoms with van der Waals surface area (Å²) in [5.74, 6) is 1.21. The second-order valence-corrected chi connectivity index (χ2v) is 5.40. The summed E-state index contributed by atoms with van der Waals surface area (Å²) < 4.78 is 12.5. The fraction of sp³-hybridized carbons (Fsp3) is 0.357. The molecule has 0 radical (unpaired) electrons. The lowest BCUT2D eigenvalue weighted by Gasteiger charge is -1.95. The van der Waals surface area contributed by atoms with Gasteiger partial charge >= 0.3 is 5.97 Å². The summed E-state index contributed by atoms with van der Waals surface area (Å²) in [6.45, 7) is 6.89. The Morgan fingerprint density at radius 1 is 1.12 bits per heavy atom. The van der Waals surface area contributed by atoms with Gasteiger partial charge in [0.1, 0.15) is 0 Å². The second kappa shape index (κ2) is 6.79. The molecule has 3 aromatic rings. The molecule has 9 nitrogen and oxygen atoms in total. The van der Waals surface area contributed by atoms with E-state index in [1.165, 1.54) is 0 Å². The van der Waals surface area contributed by atoms with Gasteiger partial charge < -0.3 is 18.5 Å². The van der Waals surface area contributed by atoms with E-state index in [0.29, 0.717) is 33.8 Å². The maximum atomic E-state index is 10.3. The number of rotatable bonds is 2. The minimum absolute atomic E-state index is 0.0718. The molecule has 128 valence electrons. The van der Waals surface area contributed by atoms with Crippen LogP contribution in [0.25, 0.3) is 11.6 Å². The monoisotopic (exact) mass is 351 g/mol. The van der Waals surface area contributed by atoms with Crippen LogP contribution in [0.5, 0.6) is 0 Å². The topological polar surface area (TPSA) is 123 Å². The highest BCUT2D eigenvalue weighted by atomic mass is 32.1. The van der Waals surface area contributed by atoms with Gasteiger partial charge in [-0.25, -0.2) is 14.8 Å². The summed E-state index contributed by atoms with van der Waals surface area (Å²) in [7, 11) is 1.83. The molecule has 0 saturated heterocycles. The third-order valence-corrected chi connectivity index (χ3v) is 3.45. The molecular formula is C14H17N5O4S. The standard InChI is InChI=1S/C8H10N4OS.C6H7NO3/c1-4-6(13-5(2)9-4)7-10-11-8(14)12(7)3;1-3-5(6(8)9)10-4(2)7-3/h1-3H3,(H,11,14);1-2H3,(H,8,9). The van der Waals surface area contributed by atoms with E-state index in [2.05, 4.69) is 20.2 Å². The van der Waals surface area contributed by atoms with Gasteiger partial charge in [-0.15, -0.1) is 0 Å². The summed E-state index contributed by atoms with van der Waals surface area (Å²) in [5.41, 5.74) is 1.24. The average Bonchev–Trinajstić information content (AvgIpc) is 3.11. The van der Waals surface area contributed by atoms with Crippen molar-refractivity contribution in [3.63, 3.8) is 0 Å². The summed E-state index contributed by atoms with van der Waals surface area (Å²) in [6.07, 6.45) is 0. The Hall–Kier alpha value is -2.75. The van der Waals surface area contributed by atoms with Crippen LogP contribution in [0.3, 0.4) is 0 Å². The number of hydrogen-bond donors (Lipinski definition) is 2. The van der Waals surface area contributed by atoms with Crippen molar-refractivity contribution in [3.8, 4) is 11.6 Å². The van der Waals surface area contributed by atoms with E-state index < -0.39 is 5.97 Å². The smallest absolute Gasteiger partial charge is 0.373 e. The number of carboxylic acid groups (broad SMARTS) is 1. The molecule has 0 aromatic carbocycles. The highest BCUT2D eigenvalue weighted by Gasteiger charge is 2.14. The van der Waals surface area contributed by atoms with Crippen LogP contribution < -0.4 is 0 Å². The number of nitrogens with one attached hydrogen (secondary N) is 1. The summed E-state index contributed by atoms with van der Waals surface area (Å²) >= 11 is 5.01. The number of oxazole rings is 2. The van der Waals surface area contributed by atoms with Gasteiger partial charge in [-0.1, -0.05) is 0 Å². The molecule has 0 spiro atoms. The Balaban J connectivity index is 0.000000185. The molecule has 3 aromatic heterocycles. The zero-order valence-corrected chi connectivity index (χ0v) is 14.7. The van der Waals surface area contributed by atoms with Gasteiger partial charge in [-0.3, -0.25) is 5.10 Å². The van der Waals surface area contributed by atoms with Gasteiger partial charge in [0.25, 0.3) is 0 Å². The minimum atomic E-state index is -1.07. The molecule has 0 fully saturated rings. The summed E-state index contributed by atoms with van der Waals surface area (Å²) in [6, 6.07) is 0. The fourth-order valence-corrected chi connectivity index (χ4v) is 2.15. The first-order chi connectivity index (χ1) is 11.2. The van der Waals surface area contributed by atoms with Crippen LogP contribution in [0.4, 0.5) is 0 Å². The van der Waals surface area contributed by atoms with Crippen LogP contribution in [0.2, 0.25) is 0 Å². The quantitative estimate of drug-likeness (QED) is 0.676. The molecule has 0 aliphatic carbocycles. The van der Waals surface area contributed by atoms with E-state index in [4.69, 9.17) is 26.2 Å². The first kappa shape index (κ1) is 17.6. The summed E-state index contributed by atoms with van der Waals surface area (Å²) in [5, 5.41) is 15.2. The van der Waals surface area contributed by atoms with Gasteiger partial charge in [0.15, 0.2) is 28.1 Å². The van der Waals surface area contributed by atoms with E-state index in [1.807, 2.05) is 14.0 Å². The van der Waals surface area contributed by atoms with Crippen molar-refractivity contribution in [1.82, 2.24) is 24.7 Å². The molecule has 3 heterocycles. The van der Waals surface area contributed by atoms with Gasteiger partial charge in [-0.05, 0) is 26.1 Å². The Morgan fingerprint density at radius 2 is 1.71 bits per heavy atom. The molecular weight excluding hydrogens is 334 g/mol. The number of nitrogens with zero attached hydrogens (tertiary/aromatic N) is 4. The molecule has 0 amide bonds. The first-order valence-electron chi connectivity index (χ1n) is 6.93. The van der Waals surface area contributed by atoms with Crippen LogP contribution in [-0.4, -0.2) is 35.8 Å². The zero-order chi connectivity index (χ0) is 18.0. The highest BCUT2D eigenvalue weighted by molar-refractivity contribution is 7.71. The third kappa shape index (κ3) is 3.59. The van der Waals surface area contributed by atoms with Gasteiger partial charge in [0, 0.05) is 20.9 Å². The normalized spacial score (nSPS) is 10.4. The van der Waals surface area contributed by atoms with Gasteiger partial charge in [0.2, 0.25) is 5.76 Å². The number of hydrogen-bond acceptors (Lipinski definition) is 7. The van der Waals surface area contributed by atoms with Crippen molar-refractivity contribution >= 4 is 18.2 Å². The molecule has 0 saturated carbocycles. The third-order valence-electron chi connectivity index (χ3n) is 3.08. The molecule has 24 heavy (non-hydrogen) atoms. The number of carboxylic acids is 1. The van der Waals surface area contributed by atoms with E-state index in [0.717, 1.165) is 5.69 Å². The van der Waals surface area contributed by atoms with E-state index in [9.17, 15) is 4.79 Å². The van der Waals surface area contributed by atoms with Crippen molar-refractivity contribution in [2.75, 3.05) is 0 Å². The molecule has 0 aliphatic heterocycles. The van der Waals surface area contributed by atoms with Gasteiger partial charge in [0.05, 0.1) is 11.4 Å². The number of aromatic amines is 1. The Labute approximate surface area is 142 Å². The SMILES string of the molecule is Cc1nc(C)c(-c2n[nH]c(=S)n2C)o1.Cc1nc(C)c(C(=O)O)o1. The van der Waals surface area contributed by atoms with E-state index in [1.54, 1.807) is 25.3 Å². The van der Waals surface area contributed by atoms with Crippen LogP contribution in [0, 0.1) is 32.5 Å². The number of carbonyl (C=O) groups is 1. The number of aromatic carboxylic acids is 1. The van der Waals surface area contributed by atoms with Crippen LogP contribution in [0.1, 0.15) is 33.7 Å². The highest BCUT2D eigenvalue weighted by Crippen LogP contribution is 2.21. The first-order valence-corrected chi connectivity index (χ1v) is 7.34. The number of H-pyrrole nitrogens is 1. The average molecular weight is 351 g/mol. The van der Waals surface area contributed by atoms with Crippen LogP contribution in [-0.2, 0) is 7.05 Å². The van der Waals surface area contributed by atoms with Gasteiger partial charge in [-0.2, -0.15) is 5.10 Å². The van der Waals surface area contributed by atoms with E-state index >= 15 is 0 Å². The second-order valence-electron chi connectivity index (χ2n) is 5.01. The Morgan fingerprint density at radius 3 is 2.04 bits per heavy atom. The predicted molar refractivity (Wildman–Crippen MR) is 86.3 cm³/mol. The molecule has 0 atom stereocenters. The van der Waals surface area contributed by atoms with Crippen molar-refractivity contribution in [3.05, 3.63) is 33.7 Å². The molecule has 10 heteroatoms. The Kier molecular flexibility index (Phi) is 4.98. The summed E-state index contributed by atoms with van der Waals surface area (Å²) in [4.78, 5) is 18.3. The maximum Gasteiger partial charge on any atom is 0.373 e. The maximum absolute atomic E-state index is 10.3. The van der Waals surface area contributed by atoms with Crippen molar-refractivity contribution < 1.29 is 18.7 Å². The number of aryl methyl sites for hydroxylation is 4. The number of aromatic nitrogens is 5. The molecule has 0 unspecified atom stereocenters. The fourth-order valence-electron chi connectivity index (χ4n) is 2.02. The van der Waals surface area contributed by atoms with Crippen LogP contribution in [0.15, 0.2) is 8.83 Å². The zero-order valence-electron chi connectivity index (χ0n) is 13.9. The minimum Gasteiger partial charge on any atom is -0.475 e. The van der Waals surface area contributed by atoms with Crippen molar-refractivity contribution in [2.24, 2.45) is 7.05 Å². The predicted octanol–water partition coefficient (Wildman–Crippen LogP) is 2.74. The molecule has 0 bridgehead atoms.